The predicted octanol–water partition coefficient (Wildman–Crippen LogP) is 1.23. The molecule has 0 heterocycles. The molecule has 0 bridgehead atoms. The molecule has 12 heavy (non-hydrogen) atoms. The number of carbonyl (C=O) groups excluding carboxylic acids is 1. The van der Waals surface area contributed by atoms with E-state index in [1.165, 1.54) is 12.7 Å². The predicted molar refractivity (Wildman–Crippen MR) is 48.7 cm³/mol. The van der Waals surface area contributed by atoms with E-state index in [9.17, 15) is 4.79 Å². The summed E-state index contributed by atoms with van der Waals surface area (Å²) in [6.45, 7) is 4.08. The number of nitrogens with two attached hydrogens (primary N) is 1. The summed E-state index contributed by atoms with van der Waals surface area (Å²) in [5.41, 5.74) is 6.72. The van der Waals surface area contributed by atoms with E-state index >= 15 is 0 Å². The number of methoxy groups -OCH3 is 1. The zero-order chi connectivity index (χ0) is 9.56. The molecule has 1 atom stereocenters. The molecule has 70 valence electrons. The monoisotopic (exact) mass is 171 g/mol. The van der Waals surface area contributed by atoms with E-state index in [4.69, 9.17) is 5.73 Å². The van der Waals surface area contributed by atoms with Gasteiger partial charge < -0.3 is 10.5 Å². The van der Waals surface area contributed by atoms with E-state index in [1.54, 1.807) is 6.08 Å². The van der Waals surface area contributed by atoms with Gasteiger partial charge in [0.05, 0.1) is 7.11 Å². The maximum Gasteiger partial charge on any atom is 0.326 e. The molecule has 0 saturated heterocycles. The zero-order valence-electron chi connectivity index (χ0n) is 7.96. The van der Waals surface area contributed by atoms with Crippen LogP contribution in [-0.2, 0) is 9.53 Å². The molecule has 0 aliphatic carbocycles. The Morgan fingerprint density at radius 2 is 2.00 bits per heavy atom. The zero-order valence-corrected chi connectivity index (χ0v) is 7.96. The first-order chi connectivity index (χ1) is 5.65. The van der Waals surface area contributed by atoms with Crippen LogP contribution >= 0.6 is 0 Å². The first-order valence-corrected chi connectivity index (χ1v) is 4.18. The van der Waals surface area contributed by atoms with Gasteiger partial charge in [-0.25, -0.2) is 0 Å². The molecule has 3 nitrogen and oxygen atoms in total. The Labute approximate surface area is 73.6 Å². The third-order valence-corrected chi connectivity index (χ3v) is 1.80. The van der Waals surface area contributed by atoms with E-state index in [-0.39, 0.29) is 5.97 Å². The molecule has 0 fully saturated rings. The number of ether oxygens (including phenoxy) is 1. The molecule has 0 aromatic carbocycles. The van der Waals surface area contributed by atoms with Crippen LogP contribution in [0.3, 0.4) is 0 Å². The van der Waals surface area contributed by atoms with Gasteiger partial charge in [0, 0.05) is 0 Å². The summed E-state index contributed by atoms with van der Waals surface area (Å²) in [6, 6.07) is -0.607. The van der Waals surface area contributed by atoms with E-state index in [0.29, 0.717) is 0 Å². The molecule has 0 saturated carbocycles. The molecule has 3 heteroatoms. The highest BCUT2D eigenvalue weighted by molar-refractivity contribution is 5.77. The minimum absolute atomic E-state index is 0.380. The minimum atomic E-state index is -0.607. The average molecular weight is 171 g/mol. The molecule has 0 rings (SSSR count). The Kier molecular flexibility index (Phi) is 5.37. The number of hydrogen-bond donors (Lipinski definition) is 1. The molecule has 0 radical (unpaired) electrons. The topological polar surface area (TPSA) is 52.3 Å². The van der Waals surface area contributed by atoms with Crippen LogP contribution in [0.1, 0.15) is 26.7 Å². The number of hydrogen-bond acceptors (Lipinski definition) is 3. The molecule has 2 N–H and O–H groups in total. The highest BCUT2D eigenvalue weighted by Gasteiger charge is 2.10. The van der Waals surface area contributed by atoms with Crippen molar-refractivity contribution in [3.05, 3.63) is 11.6 Å². The Hall–Kier alpha value is -0.830. The summed E-state index contributed by atoms with van der Waals surface area (Å²) in [5.74, 6) is -0.380. The van der Waals surface area contributed by atoms with Crippen molar-refractivity contribution in [2.75, 3.05) is 7.11 Å². The van der Waals surface area contributed by atoms with Crippen LogP contribution in [-0.4, -0.2) is 19.1 Å². The molecule has 0 spiro atoms. The van der Waals surface area contributed by atoms with Crippen LogP contribution in [0.2, 0.25) is 0 Å². The standard InChI is InChI=1S/C9H17NO2/c1-4-7(5-2)6-8(10)9(11)12-3/h6,8H,4-5,10H2,1-3H3. The normalized spacial score (nSPS) is 12.0. The fourth-order valence-electron chi connectivity index (χ4n) is 0.944. The minimum Gasteiger partial charge on any atom is -0.468 e. The van der Waals surface area contributed by atoms with Crippen molar-refractivity contribution in [2.24, 2.45) is 5.73 Å². The van der Waals surface area contributed by atoms with E-state index < -0.39 is 6.04 Å². The van der Waals surface area contributed by atoms with Gasteiger partial charge in [0.15, 0.2) is 0 Å². The average Bonchev–Trinajstić information content (AvgIpc) is 2.12. The van der Waals surface area contributed by atoms with Crippen molar-refractivity contribution in [2.45, 2.75) is 32.7 Å². The Morgan fingerprint density at radius 1 is 1.50 bits per heavy atom. The maximum atomic E-state index is 10.9. The van der Waals surface area contributed by atoms with Crippen molar-refractivity contribution in [3.63, 3.8) is 0 Å². The largest absolute Gasteiger partial charge is 0.468 e. The molecule has 0 amide bonds. The highest BCUT2D eigenvalue weighted by atomic mass is 16.5. The van der Waals surface area contributed by atoms with E-state index in [0.717, 1.165) is 12.8 Å². The third kappa shape index (κ3) is 3.53. The molecule has 0 aliphatic rings. The smallest absolute Gasteiger partial charge is 0.326 e. The van der Waals surface area contributed by atoms with Crippen LogP contribution in [0.5, 0.6) is 0 Å². The van der Waals surface area contributed by atoms with Crippen molar-refractivity contribution in [3.8, 4) is 0 Å². The van der Waals surface area contributed by atoms with Gasteiger partial charge in [-0.05, 0) is 12.8 Å². The number of rotatable bonds is 4. The summed E-state index contributed by atoms with van der Waals surface area (Å²) >= 11 is 0. The summed E-state index contributed by atoms with van der Waals surface area (Å²) < 4.78 is 4.49. The van der Waals surface area contributed by atoms with E-state index in [2.05, 4.69) is 4.74 Å². The van der Waals surface area contributed by atoms with Crippen molar-refractivity contribution >= 4 is 5.97 Å². The summed E-state index contributed by atoms with van der Waals surface area (Å²) in [5, 5.41) is 0. The highest BCUT2D eigenvalue weighted by Crippen LogP contribution is 2.06. The van der Waals surface area contributed by atoms with Gasteiger partial charge in [0.1, 0.15) is 6.04 Å². The number of allylic oxidation sites excluding steroid dienone is 1. The van der Waals surface area contributed by atoms with Crippen LogP contribution in [0, 0.1) is 0 Å². The van der Waals surface area contributed by atoms with Crippen molar-refractivity contribution in [1.82, 2.24) is 0 Å². The van der Waals surface area contributed by atoms with Gasteiger partial charge >= 0.3 is 5.97 Å². The van der Waals surface area contributed by atoms with Crippen molar-refractivity contribution in [1.29, 1.82) is 0 Å². The molecule has 1 unspecified atom stereocenters. The first-order valence-electron chi connectivity index (χ1n) is 4.18. The second kappa shape index (κ2) is 5.77. The van der Waals surface area contributed by atoms with Crippen LogP contribution in [0.25, 0.3) is 0 Å². The second-order valence-corrected chi connectivity index (χ2v) is 2.58. The Balaban J connectivity index is 4.19. The lowest BCUT2D eigenvalue weighted by molar-refractivity contribution is -0.140. The fourth-order valence-corrected chi connectivity index (χ4v) is 0.944. The number of esters is 1. The summed E-state index contributed by atoms with van der Waals surface area (Å²) in [7, 11) is 1.34. The Bertz CT molecular complexity index is 169. The Morgan fingerprint density at radius 3 is 2.33 bits per heavy atom. The number of carbonyl (C=O) groups is 1. The first kappa shape index (κ1) is 11.2. The second-order valence-electron chi connectivity index (χ2n) is 2.58. The van der Waals surface area contributed by atoms with Gasteiger partial charge in [-0.1, -0.05) is 25.5 Å². The maximum absolute atomic E-state index is 10.9. The third-order valence-electron chi connectivity index (χ3n) is 1.80. The van der Waals surface area contributed by atoms with Crippen molar-refractivity contribution < 1.29 is 9.53 Å². The van der Waals surface area contributed by atoms with Gasteiger partial charge in [-0.15, -0.1) is 0 Å². The van der Waals surface area contributed by atoms with Gasteiger partial charge in [0.2, 0.25) is 0 Å². The quantitative estimate of drug-likeness (QED) is 0.511. The van der Waals surface area contributed by atoms with Crippen LogP contribution in [0.15, 0.2) is 11.6 Å². The molecule has 0 aromatic heterocycles. The van der Waals surface area contributed by atoms with Crippen LogP contribution in [0.4, 0.5) is 0 Å². The molecular formula is C9H17NO2. The molecular weight excluding hydrogens is 154 g/mol. The van der Waals surface area contributed by atoms with Gasteiger partial charge in [-0.2, -0.15) is 0 Å². The van der Waals surface area contributed by atoms with Gasteiger partial charge in [0.25, 0.3) is 0 Å². The lowest BCUT2D eigenvalue weighted by Crippen LogP contribution is -2.29. The molecule has 0 aromatic rings. The lowest BCUT2D eigenvalue weighted by Gasteiger charge is -2.06. The van der Waals surface area contributed by atoms with Gasteiger partial charge in [-0.3, -0.25) is 4.79 Å². The molecule has 0 aliphatic heterocycles. The SMILES string of the molecule is CCC(=CC(N)C(=O)OC)CC. The summed E-state index contributed by atoms with van der Waals surface area (Å²) in [6.07, 6.45) is 3.63. The van der Waals surface area contributed by atoms with E-state index in [1.807, 2.05) is 13.8 Å². The summed E-state index contributed by atoms with van der Waals surface area (Å²) in [4.78, 5) is 10.9. The lowest BCUT2D eigenvalue weighted by atomic mass is 10.1. The fraction of sp³-hybridized carbons (Fsp3) is 0.667. The van der Waals surface area contributed by atoms with Crippen LogP contribution < -0.4 is 5.73 Å².